The van der Waals surface area contributed by atoms with Gasteiger partial charge < -0.3 is 16.2 Å². The van der Waals surface area contributed by atoms with Gasteiger partial charge in [0, 0.05) is 6.54 Å². The molecule has 0 bridgehead atoms. The highest BCUT2D eigenvalue weighted by atomic mass is 16.3. The smallest absolute Gasteiger partial charge is 0.0771 e. The van der Waals surface area contributed by atoms with Crippen LogP contribution in [0.4, 0.5) is 0 Å². The zero-order valence-corrected chi connectivity index (χ0v) is 10.1. The van der Waals surface area contributed by atoms with E-state index in [0.29, 0.717) is 11.8 Å². The summed E-state index contributed by atoms with van der Waals surface area (Å²) in [4.78, 5) is 0. The summed E-state index contributed by atoms with van der Waals surface area (Å²) >= 11 is 0. The minimum atomic E-state index is -0.434. The van der Waals surface area contributed by atoms with Gasteiger partial charge in [-0.15, -0.1) is 0 Å². The SMILES string of the molecule is CC(C)C(CN)CNCC1(O)CCCC1. The first-order valence-electron chi connectivity index (χ1n) is 6.20. The van der Waals surface area contributed by atoms with Crippen LogP contribution in [0.1, 0.15) is 39.5 Å². The van der Waals surface area contributed by atoms with Gasteiger partial charge in [-0.1, -0.05) is 26.7 Å². The van der Waals surface area contributed by atoms with Crippen LogP contribution in [0.3, 0.4) is 0 Å². The molecule has 0 saturated heterocycles. The molecule has 0 aromatic heterocycles. The molecule has 0 aliphatic heterocycles. The van der Waals surface area contributed by atoms with Gasteiger partial charge in [-0.25, -0.2) is 0 Å². The number of hydrogen-bond acceptors (Lipinski definition) is 3. The number of hydrogen-bond donors (Lipinski definition) is 3. The van der Waals surface area contributed by atoms with Gasteiger partial charge >= 0.3 is 0 Å². The Bertz CT molecular complexity index is 176. The van der Waals surface area contributed by atoms with E-state index in [1.807, 2.05) is 0 Å². The van der Waals surface area contributed by atoms with Crippen molar-refractivity contribution in [2.75, 3.05) is 19.6 Å². The molecule has 4 N–H and O–H groups in total. The molecule has 0 aromatic rings. The first-order valence-corrected chi connectivity index (χ1v) is 6.20. The van der Waals surface area contributed by atoms with Crippen LogP contribution in [0.15, 0.2) is 0 Å². The third-order valence-electron chi connectivity index (χ3n) is 3.64. The Morgan fingerprint density at radius 2 is 1.93 bits per heavy atom. The third-order valence-corrected chi connectivity index (χ3v) is 3.64. The highest BCUT2D eigenvalue weighted by Gasteiger charge is 2.30. The maximum Gasteiger partial charge on any atom is 0.0771 e. The Hall–Kier alpha value is -0.120. The zero-order chi connectivity index (χ0) is 11.3. The van der Waals surface area contributed by atoms with Crippen molar-refractivity contribution in [1.29, 1.82) is 0 Å². The van der Waals surface area contributed by atoms with Crippen LogP contribution in [-0.4, -0.2) is 30.3 Å². The van der Waals surface area contributed by atoms with Crippen LogP contribution in [0.2, 0.25) is 0 Å². The fourth-order valence-corrected chi connectivity index (χ4v) is 2.29. The lowest BCUT2D eigenvalue weighted by molar-refractivity contribution is 0.0464. The Balaban J connectivity index is 2.19. The van der Waals surface area contributed by atoms with E-state index < -0.39 is 5.60 Å². The standard InChI is InChI=1S/C12H26N2O/c1-10(2)11(7-13)8-14-9-12(15)5-3-4-6-12/h10-11,14-15H,3-9,13H2,1-2H3. The molecular formula is C12H26N2O. The quantitative estimate of drug-likeness (QED) is 0.621. The highest BCUT2D eigenvalue weighted by Crippen LogP contribution is 2.28. The van der Waals surface area contributed by atoms with Crippen molar-refractivity contribution >= 4 is 0 Å². The second-order valence-electron chi connectivity index (χ2n) is 5.30. The third kappa shape index (κ3) is 4.09. The molecule has 15 heavy (non-hydrogen) atoms. The fourth-order valence-electron chi connectivity index (χ4n) is 2.29. The van der Waals surface area contributed by atoms with Gasteiger partial charge in [0.15, 0.2) is 0 Å². The fraction of sp³-hybridized carbons (Fsp3) is 1.00. The number of rotatable bonds is 6. The van der Waals surface area contributed by atoms with Gasteiger partial charge in [0.1, 0.15) is 0 Å². The summed E-state index contributed by atoms with van der Waals surface area (Å²) in [6.45, 7) is 6.78. The molecule has 3 heteroatoms. The van der Waals surface area contributed by atoms with Crippen LogP contribution in [0, 0.1) is 11.8 Å². The first-order chi connectivity index (χ1) is 7.07. The topological polar surface area (TPSA) is 58.3 Å². The molecule has 0 spiro atoms. The molecule has 3 nitrogen and oxygen atoms in total. The Morgan fingerprint density at radius 3 is 2.40 bits per heavy atom. The van der Waals surface area contributed by atoms with Crippen molar-refractivity contribution in [3.63, 3.8) is 0 Å². The van der Waals surface area contributed by atoms with Crippen molar-refractivity contribution in [2.24, 2.45) is 17.6 Å². The van der Waals surface area contributed by atoms with Gasteiger partial charge in [-0.05, 0) is 37.8 Å². The Kier molecular flexibility index (Phi) is 5.03. The summed E-state index contributed by atoms with van der Waals surface area (Å²) < 4.78 is 0. The van der Waals surface area contributed by atoms with Gasteiger partial charge in [-0.3, -0.25) is 0 Å². The van der Waals surface area contributed by atoms with Crippen LogP contribution in [0.25, 0.3) is 0 Å². The molecular weight excluding hydrogens is 188 g/mol. The lowest BCUT2D eigenvalue weighted by Crippen LogP contribution is -2.41. The van der Waals surface area contributed by atoms with Crippen molar-refractivity contribution in [3.8, 4) is 0 Å². The lowest BCUT2D eigenvalue weighted by atomic mass is 9.95. The van der Waals surface area contributed by atoms with Gasteiger partial charge in [0.2, 0.25) is 0 Å². The molecule has 1 aliphatic carbocycles. The summed E-state index contributed by atoms with van der Waals surface area (Å²) in [5.74, 6) is 1.13. The molecule has 0 amide bonds. The predicted octanol–water partition coefficient (Wildman–Crippen LogP) is 1.11. The van der Waals surface area contributed by atoms with E-state index in [0.717, 1.165) is 32.5 Å². The van der Waals surface area contributed by atoms with Crippen molar-refractivity contribution in [3.05, 3.63) is 0 Å². The summed E-state index contributed by atoms with van der Waals surface area (Å²) in [6.07, 6.45) is 4.25. The van der Waals surface area contributed by atoms with E-state index in [-0.39, 0.29) is 0 Å². The average molecular weight is 214 g/mol. The largest absolute Gasteiger partial charge is 0.389 e. The van der Waals surface area contributed by atoms with E-state index in [4.69, 9.17) is 5.73 Å². The predicted molar refractivity (Wildman–Crippen MR) is 63.7 cm³/mol. The summed E-state index contributed by atoms with van der Waals surface area (Å²) in [5, 5.41) is 13.5. The van der Waals surface area contributed by atoms with E-state index in [1.54, 1.807) is 0 Å². The normalized spacial score (nSPS) is 22.2. The van der Waals surface area contributed by atoms with Crippen LogP contribution in [0.5, 0.6) is 0 Å². The number of nitrogens with two attached hydrogens (primary N) is 1. The van der Waals surface area contributed by atoms with Crippen LogP contribution >= 0.6 is 0 Å². The van der Waals surface area contributed by atoms with E-state index >= 15 is 0 Å². The number of nitrogens with one attached hydrogen (secondary N) is 1. The van der Waals surface area contributed by atoms with Gasteiger partial charge in [0.25, 0.3) is 0 Å². The van der Waals surface area contributed by atoms with Gasteiger partial charge in [0.05, 0.1) is 5.60 Å². The first kappa shape index (κ1) is 12.9. The summed E-state index contributed by atoms with van der Waals surface area (Å²) in [7, 11) is 0. The monoisotopic (exact) mass is 214 g/mol. The Morgan fingerprint density at radius 1 is 1.33 bits per heavy atom. The maximum absolute atomic E-state index is 10.1. The minimum Gasteiger partial charge on any atom is -0.389 e. The van der Waals surface area contributed by atoms with Crippen molar-refractivity contribution in [2.45, 2.75) is 45.1 Å². The van der Waals surface area contributed by atoms with Gasteiger partial charge in [-0.2, -0.15) is 0 Å². The molecule has 1 saturated carbocycles. The molecule has 1 fully saturated rings. The second kappa shape index (κ2) is 5.83. The second-order valence-corrected chi connectivity index (χ2v) is 5.30. The van der Waals surface area contributed by atoms with E-state index in [2.05, 4.69) is 19.2 Å². The molecule has 90 valence electrons. The van der Waals surface area contributed by atoms with Crippen molar-refractivity contribution in [1.82, 2.24) is 5.32 Å². The average Bonchev–Trinajstić information content (AvgIpc) is 2.60. The molecule has 1 aliphatic rings. The summed E-state index contributed by atoms with van der Waals surface area (Å²) in [5.41, 5.74) is 5.26. The van der Waals surface area contributed by atoms with E-state index in [9.17, 15) is 5.11 Å². The lowest BCUT2D eigenvalue weighted by Gasteiger charge is -2.25. The molecule has 1 rings (SSSR count). The molecule has 1 unspecified atom stereocenters. The zero-order valence-electron chi connectivity index (χ0n) is 10.1. The van der Waals surface area contributed by atoms with E-state index in [1.165, 1.54) is 12.8 Å². The Labute approximate surface area is 93.4 Å². The molecule has 0 heterocycles. The highest BCUT2D eigenvalue weighted by molar-refractivity contribution is 4.86. The van der Waals surface area contributed by atoms with Crippen LogP contribution < -0.4 is 11.1 Å². The maximum atomic E-state index is 10.1. The molecule has 0 aromatic carbocycles. The molecule has 1 atom stereocenters. The van der Waals surface area contributed by atoms with Crippen LogP contribution in [-0.2, 0) is 0 Å². The van der Waals surface area contributed by atoms with Crippen molar-refractivity contribution < 1.29 is 5.11 Å². The minimum absolute atomic E-state index is 0.434. The number of aliphatic hydroxyl groups is 1. The molecule has 0 radical (unpaired) electrons. The summed E-state index contributed by atoms with van der Waals surface area (Å²) in [6, 6.07) is 0.